The first-order valence-electron chi connectivity index (χ1n) is 6.32. The molecule has 0 saturated carbocycles. The normalized spacial score (nSPS) is 33.2. The Labute approximate surface area is 101 Å². The number of ether oxygens (including phenoxy) is 1. The SMILES string of the molecule is CNC(Cc1nnn(C)n1)C1CC2CCC1O2. The van der Waals surface area contributed by atoms with Gasteiger partial charge in [0.2, 0.25) is 0 Å². The molecule has 17 heavy (non-hydrogen) atoms. The molecule has 2 bridgehead atoms. The number of rotatable bonds is 4. The van der Waals surface area contributed by atoms with E-state index in [9.17, 15) is 0 Å². The largest absolute Gasteiger partial charge is 0.375 e. The lowest BCUT2D eigenvalue weighted by Crippen LogP contribution is -2.40. The fraction of sp³-hybridized carbons (Fsp3) is 0.909. The van der Waals surface area contributed by atoms with E-state index < -0.39 is 0 Å². The highest BCUT2D eigenvalue weighted by Crippen LogP contribution is 2.40. The Bertz CT molecular complexity index is 393. The molecule has 0 aliphatic carbocycles. The van der Waals surface area contributed by atoms with Crippen LogP contribution in [0.25, 0.3) is 0 Å². The summed E-state index contributed by atoms with van der Waals surface area (Å²) in [6.07, 6.45) is 5.39. The highest BCUT2D eigenvalue weighted by molar-refractivity contribution is 4.98. The maximum absolute atomic E-state index is 5.91. The van der Waals surface area contributed by atoms with E-state index in [-0.39, 0.29) is 0 Å². The van der Waals surface area contributed by atoms with Gasteiger partial charge in [0, 0.05) is 18.4 Å². The first-order valence-corrected chi connectivity index (χ1v) is 6.32. The predicted octanol–water partition coefficient (Wildman–Crippen LogP) is -0.0919. The van der Waals surface area contributed by atoms with Crippen LogP contribution in [-0.4, -0.2) is 45.5 Å². The third kappa shape index (κ3) is 2.07. The third-order valence-electron chi connectivity index (χ3n) is 3.99. The number of fused-ring (bicyclic) bond motifs is 2. The minimum Gasteiger partial charge on any atom is -0.375 e. The zero-order valence-electron chi connectivity index (χ0n) is 10.3. The lowest BCUT2D eigenvalue weighted by Gasteiger charge is -2.27. The number of tetrazole rings is 1. The minimum atomic E-state index is 0.398. The molecule has 1 aromatic heterocycles. The van der Waals surface area contributed by atoms with Crippen LogP contribution in [0, 0.1) is 5.92 Å². The first kappa shape index (κ1) is 11.1. The van der Waals surface area contributed by atoms with E-state index in [1.165, 1.54) is 24.1 Å². The molecular formula is C11H19N5O. The number of aromatic nitrogens is 4. The molecule has 3 heterocycles. The monoisotopic (exact) mass is 237 g/mol. The summed E-state index contributed by atoms with van der Waals surface area (Å²) in [4.78, 5) is 1.51. The van der Waals surface area contributed by atoms with Crippen molar-refractivity contribution in [2.45, 2.75) is 43.9 Å². The zero-order valence-corrected chi connectivity index (χ0v) is 10.3. The Balaban J connectivity index is 1.67. The van der Waals surface area contributed by atoms with Gasteiger partial charge in [-0.2, -0.15) is 4.80 Å². The summed E-state index contributed by atoms with van der Waals surface area (Å²) in [5.74, 6) is 1.41. The second-order valence-corrected chi connectivity index (χ2v) is 5.07. The van der Waals surface area contributed by atoms with Crippen LogP contribution in [-0.2, 0) is 18.2 Å². The molecule has 6 heteroatoms. The maximum atomic E-state index is 5.91. The molecule has 0 amide bonds. The smallest absolute Gasteiger partial charge is 0.176 e. The summed E-state index contributed by atoms with van der Waals surface area (Å²) >= 11 is 0. The number of hydrogen-bond acceptors (Lipinski definition) is 5. The van der Waals surface area contributed by atoms with Gasteiger partial charge >= 0.3 is 0 Å². The van der Waals surface area contributed by atoms with E-state index in [0.29, 0.717) is 24.2 Å². The fourth-order valence-electron chi connectivity index (χ4n) is 3.17. The topological polar surface area (TPSA) is 64.9 Å². The van der Waals surface area contributed by atoms with Gasteiger partial charge in [-0.1, -0.05) is 0 Å². The van der Waals surface area contributed by atoms with Crippen LogP contribution in [0.2, 0.25) is 0 Å². The number of likely N-dealkylation sites (N-methyl/N-ethyl adjacent to an activating group) is 1. The predicted molar refractivity (Wildman–Crippen MR) is 61.4 cm³/mol. The summed E-state index contributed by atoms with van der Waals surface area (Å²) in [5.41, 5.74) is 0. The van der Waals surface area contributed by atoms with Crippen LogP contribution >= 0.6 is 0 Å². The molecule has 0 spiro atoms. The number of aryl methyl sites for hydroxylation is 1. The van der Waals surface area contributed by atoms with Crippen LogP contribution in [0.1, 0.15) is 25.1 Å². The average Bonchev–Trinajstić information content (AvgIpc) is 3.01. The van der Waals surface area contributed by atoms with Crippen LogP contribution in [0.5, 0.6) is 0 Å². The van der Waals surface area contributed by atoms with Crippen molar-refractivity contribution in [2.24, 2.45) is 13.0 Å². The van der Waals surface area contributed by atoms with Crippen molar-refractivity contribution < 1.29 is 4.74 Å². The van der Waals surface area contributed by atoms with Gasteiger partial charge in [0.05, 0.1) is 19.3 Å². The Kier molecular flexibility index (Phi) is 2.84. The van der Waals surface area contributed by atoms with Gasteiger partial charge in [0.15, 0.2) is 5.82 Å². The van der Waals surface area contributed by atoms with Gasteiger partial charge in [-0.05, 0) is 31.5 Å². The molecule has 3 rings (SSSR count). The maximum Gasteiger partial charge on any atom is 0.176 e. The molecule has 0 radical (unpaired) electrons. The van der Waals surface area contributed by atoms with Gasteiger partial charge in [0.25, 0.3) is 0 Å². The molecule has 2 aliphatic heterocycles. The molecular weight excluding hydrogens is 218 g/mol. The lowest BCUT2D eigenvalue weighted by atomic mass is 9.82. The van der Waals surface area contributed by atoms with E-state index in [4.69, 9.17) is 4.74 Å². The zero-order chi connectivity index (χ0) is 11.8. The van der Waals surface area contributed by atoms with Crippen LogP contribution in [0.3, 0.4) is 0 Å². The van der Waals surface area contributed by atoms with Gasteiger partial charge in [-0.3, -0.25) is 0 Å². The van der Waals surface area contributed by atoms with Gasteiger partial charge in [-0.15, -0.1) is 10.2 Å². The van der Waals surface area contributed by atoms with Gasteiger partial charge < -0.3 is 10.1 Å². The second-order valence-electron chi connectivity index (χ2n) is 5.07. The van der Waals surface area contributed by atoms with Crippen molar-refractivity contribution in [3.63, 3.8) is 0 Å². The van der Waals surface area contributed by atoms with Crippen molar-refractivity contribution in [3.8, 4) is 0 Å². The van der Waals surface area contributed by atoms with Crippen molar-refractivity contribution >= 4 is 0 Å². The molecule has 4 atom stereocenters. The molecule has 2 saturated heterocycles. The van der Waals surface area contributed by atoms with Crippen molar-refractivity contribution in [1.82, 2.24) is 25.5 Å². The molecule has 2 aliphatic rings. The van der Waals surface area contributed by atoms with E-state index in [1.54, 1.807) is 7.05 Å². The van der Waals surface area contributed by atoms with Gasteiger partial charge in [-0.25, -0.2) is 0 Å². The molecule has 0 aromatic carbocycles. The summed E-state index contributed by atoms with van der Waals surface area (Å²) in [7, 11) is 3.80. The average molecular weight is 237 g/mol. The minimum absolute atomic E-state index is 0.398. The summed E-state index contributed by atoms with van der Waals surface area (Å²) in [6.45, 7) is 0. The Morgan fingerprint density at radius 2 is 2.41 bits per heavy atom. The van der Waals surface area contributed by atoms with E-state index in [2.05, 4.69) is 20.7 Å². The number of hydrogen-bond donors (Lipinski definition) is 1. The van der Waals surface area contributed by atoms with Gasteiger partial charge in [0.1, 0.15) is 0 Å². The Morgan fingerprint density at radius 1 is 1.53 bits per heavy atom. The van der Waals surface area contributed by atoms with E-state index in [0.717, 1.165) is 12.2 Å². The third-order valence-corrected chi connectivity index (χ3v) is 3.99. The second kappa shape index (κ2) is 4.34. The van der Waals surface area contributed by atoms with E-state index >= 15 is 0 Å². The summed E-state index contributed by atoms with van der Waals surface area (Å²) in [6, 6.07) is 0.398. The molecule has 1 aromatic rings. The van der Waals surface area contributed by atoms with Crippen LogP contribution < -0.4 is 5.32 Å². The van der Waals surface area contributed by atoms with Crippen molar-refractivity contribution in [2.75, 3.05) is 7.05 Å². The standard InChI is InChI=1S/C11H19N5O/c1-12-9(6-11-13-15-16(2)14-11)8-5-7-3-4-10(8)17-7/h7-10,12H,3-6H2,1-2H3. The summed E-state index contributed by atoms with van der Waals surface area (Å²) < 4.78 is 5.91. The first-order chi connectivity index (χ1) is 8.26. The molecule has 4 unspecified atom stereocenters. The van der Waals surface area contributed by atoms with Crippen molar-refractivity contribution in [3.05, 3.63) is 5.82 Å². The Hall–Kier alpha value is -1.01. The fourth-order valence-corrected chi connectivity index (χ4v) is 3.17. The molecule has 6 nitrogen and oxygen atoms in total. The van der Waals surface area contributed by atoms with E-state index in [1.807, 2.05) is 7.05 Å². The lowest BCUT2D eigenvalue weighted by molar-refractivity contribution is 0.0862. The van der Waals surface area contributed by atoms with Crippen LogP contribution in [0.4, 0.5) is 0 Å². The highest BCUT2D eigenvalue weighted by Gasteiger charge is 2.44. The molecule has 94 valence electrons. The Morgan fingerprint density at radius 3 is 2.94 bits per heavy atom. The molecule has 1 N–H and O–H groups in total. The number of nitrogens with zero attached hydrogens (tertiary/aromatic N) is 4. The molecule has 2 fully saturated rings. The van der Waals surface area contributed by atoms with Crippen LogP contribution in [0.15, 0.2) is 0 Å². The highest BCUT2D eigenvalue weighted by atomic mass is 16.5. The summed E-state index contributed by atoms with van der Waals surface area (Å²) in [5, 5.41) is 15.6. The quantitative estimate of drug-likeness (QED) is 0.792. The number of nitrogens with one attached hydrogen (secondary N) is 1. The van der Waals surface area contributed by atoms with Crippen molar-refractivity contribution in [1.29, 1.82) is 0 Å².